The van der Waals surface area contributed by atoms with Crippen molar-refractivity contribution >= 4 is 41.0 Å². The van der Waals surface area contributed by atoms with E-state index in [0.29, 0.717) is 16.4 Å². The number of benzene rings is 1. The number of hydrogen-bond donors (Lipinski definition) is 5. The second kappa shape index (κ2) is 8.42. The highest BCUT2D eigenvalue weighted by Crippen LogP contribution is 2.30. The maximum absolute atomic E-state index is 12.8. The summed E-state index contributed by atoms with van der Waals surface area (Å²) in [4.78, 5) is 28.2. The van der Waals surface area contributed by atoms with Gasteiger partial charge < -0.3 is 30.9 Å². The molecule has 9 nitrogen and oxygen atoms in total. The summed E-state index contributed by atoms with van der Waals surface area (Å²) >= 11 is 1.18. The number of anilines is 1. The third-order valence-corrected chi connectivity index (χ3v) is 4.86. The number of fused-ring (bicyclic) bond motifs is 1. The quantitative estimate of drug-likeness (QED) is 0.341. The van der Waals surface area contributed by atoms with Gasteiger partial charge in [0, 0.05) is 12.0 Å². The summed E-state index contributed by atoms with van der Waals surface area (Å²) in [5.74, 6) is -2.38. The zero-order valence-electron chi connectivity index (χ0n) is 14.7. The first kappa shape index (κ1) is 19.9. The van der Waals surface area contributed by atoms with Crippen LogP contribution in [0.25, 0.3) is 5.57 Å². The van der Waals surface area contributed by atoms with Crippen LogP contribution in [0.4, 0.5) is 5.13 Å². The van der Waals surface area contributed by atoms with Crippen LogP contribution >= 0.6 is 11.3 Å². The summed E-state index contributed by atoms with van der Waals surface area (Å²) in [6, 6.07) is 4.64. The van der Waals surface area contributed by atoms with Crippen molar-refractivity contribution in [2.45, 2.75) is 18.8 Å². The summed E-state index contributed by atoms with van der Waals surface area (Å²) in [6.45, 7) is -0.142. The number of amides is 1. The predicted octanol–water partition coefficient (Wildman–Crippen LogP) is 0.329. The number of thiazole rings is 1. The van der Waals surface area contributed by atoms with Gasteiger partial charge in [0.25, 0.3) is 5.91 Å². The second-order valence-corrected chi connectivity index (χ2v) is 6.98. The van der Waals surface area contributed by atoms with Gasteiger partial charge in [-0.15, -0.1) is 11.3 Å². The van der Waals surface area contributed by atoms with Crippen LogP contribution in [0.5, 0.6) is 5.75 Å². The van der Waals surface area contributed by atoms with Crippen molar-refractivity contribution in [3.63, 3.8) is 0 Å². The van der Waals surface area contributed by atoms with Gasteiger partial charge in [0.15, 0.2) is 5.13 Å². The SMILES string of the molecule is Nc1nc(C(=CCCO)C(=O)N[C@H]2Cc3cccc(C(=O)O)c3OB2O)cs1. The van der Waals surface area contributed by atoms with E-state index in [0.717, 1.165) is 0 Å². The van der Waals surface area contributed by atoms with Crippen LogP contribution in [0.15, 0.2) is 29.7 Å². The molecule has 28 heavy (non-hydrogen) atoms. The highest BCUT2D eigenvalue weighted by molar-refractivity contribution is 7.13. The standard InChI is InChI=1S/C17H18BN3O6S/c19-17-20-12(8-28-17)10(5-2-6-22)15(23)21-13-7-9-3-1-4-11(16(24)25)14(9)27-18(13)26/h1,3-5,8,13,22,26H,2,6-7H2,(H2,19,20)(H,21,23)(H,24,25)/t13-/m0/s1. The predicted molar refractivity (Wildman–Crippen MR) is 104 cm³/mol. The average Bonchev–Trinajstić information content (AvgIpc) is 3.08. The fraction of sp³-hybridized carbons (Fsp3) is 0.235. The van der Waals surface area contributed by atoms with Crippen LogP contribution in [-0.4, -0.2) is 51.8 Å². The Morgan fingerprint density at radius 1 is 1.46 bits per heavy atom. The Hall–Kier alpha value is -2.89. The molecule has 0 fully saturated rings. The lowest BCUT2D eigenvalue weighted by atomic mass is 9.72. The summed E-state index contributed by atoms with van der Waals surface area (Å²) in [7, 11) is -1.42. The van der Waals surface area contributed by atoms with Crippen LogP contribution in [0.1, 0.15) is 28.0 Å². The van der Waals surface area contributed by atoms with E-state index in [1.54, 1.807) is 17.5 Å². The van der Waals surface area contributed by atoms with E-state index in [-0.39, 0.29) is 36.3 Å². The normalized spacial score (nSPS) is 16.3. The molecule has 2 aromatic rings. The van der Waals surface area contributed by atoms with Crippen LogP contribution in [-0.2, 0) is 11.2 Å². The van der Waals surface area contributed by atoms with Crippen LogP contribution in [0.2, 0.25) is 0 Å². The number of nitrogens with zero attached hydrogens (tertiary/aromatic N) is 1. The summed E-state index contributed by atoms with van der Waals surface area (Å²) in [5.41, 5.74) is 6.74. The van der Waals surface area contributed by atoms with E-state index in [1.165, 1.54) is 23.5 Å². The van der Waals surface area contributed by atoms with Crippen LogP contribution in [0.3, 0.4) is 0 Å². The number of carboxylic acids is 1. The van der Waals surface area contributed by atoms with Gasteiger partial charge in [-0.1, -0.05) is 18.2 Å². The number of nitrogens with two attached hydrogens (primary N) is 1. The topological polar surface area (TPSA) is 155 Å². The number of nitrogen functional groups attached to an aromatic ring is 1. The summed E-state index contributed by atoms with van der Waals surface area (Å²) < 4.78 is 5.38. The second-order valence-electron chi connectivity index (χ2n) is 6.09. The van der Waals surface area contributed by atoms with E-state index in [4.69, 9.17) is 15.5 Å². The van der Waals surface area contributed by atoms with E-state index < -0.39 is 24.9 Å². The van der Waals surface area contributed by atoms with Crippen molar-refractivity contribution < 1.29 is 29.5 Å². The van der Waals surface area contributed by atoms with Gasteiger partial charge in [0.1, 0.15) is 5.75 Å². The number of aliphatic hydroxyl groups is 1. The van der Waals surface area contributed by atoms with E-state index >= 15 is 0 Å². The minimum atomic E-state index is -1.42. The van der Waals surface area contributed by atoms with Gasteiger partial charge >= 0.3 is 13.1 Å². The zero-order chi connectivity index (χ0) is 20.3. The van der Waals surface area contributed by atoms with E-state index in [2.05, 4.69) is 10.3 Å². The number of hydrogen-bond acceptors (Lipinski definition) is 8. The molecular weight excluding hydrogens is 385 g/mol. The number of aliphatic hydroxyl groups excluding tert-OH is 1. The van der Waals surface area contributed by atoms with Crippen molar-refractivity contribution in [3.8, 4) is 5.75 Å². The molecule has 6 N–H and O–H groups in total. The lowest BCUT2D eigenvalue weighted by molar-refractivity contribution is -0.116. The molecule has 0 saturated carbocycles. The first-order chi connectivity index (χ1) is 13.4. The molecule has 0 aliphatic carbocycles. The molecule has 1 amide bonds. The lowest BCUT2D eigenvalue weighted by Gasteiger charge is -2.29. The maximum Gasteiger partial charge on any atom is 0.547 e. The molecule has 146 valence electrons. The van der Waals surface area contributed by atoms with E-state index in [1.807, 2.05) is 0 Å². The van der Waals surface area contributed by atoms with Crippen molar-refractivity contribution in [1.29, 1.82) is 0 Å². The molecule has 0 radical (unpaired) electrons. The van der Waals surface area contributed by atoms with Gasteiger partial charge in [-0.25, -0.2) is 9.78 Å². The Bertz CT molecular complexity index is 931. The molecule has 0 spiro atoms. The third-order valence-electron chi connectivity index (χ3n) is 4.19. The third kappa shape index (κ3) is 4.16. The maximum atomic E-state index is 12.8. The Morgan fingerprint density at radius 3 is 2.89 bits per heavy atom. The highest BCUT2D eigenvalue weighted by atomic mass is 32.1. The minimum Gasteiger partial charge on any atom is -0.534 e. The molecule has 0 unspecified atom stereocenters. The Labute approximate surface area is 164 Å². The first-order valence-electron chi connectivity index (χ1n) is 8.44. The van der Waals surface area contributed by atoms with Gasteiger partial charge in [-0.3, -0.25) is 4.79 Å². The molecular formula is C17H18BN3O6S. The molecule has 0 saturated heterocycles. The molecule has 1 aromatic heterocycles. The van der Waals surface area contributed by atoms with Gasteiger partial charge in [-0.2, -0.15) is 0 Å². The highest BCUT2D eigenvalue weighted by Gasteiger charge is 2.38. The number of carbonyl (C=O) groups excluding carboxylic acids is 1. The summed E-state index contributed by atoms with van der Waals surface area (Å²) in [5, 5.41) is 33.2. The van der Waals surface area contributed by atoms with Crippen molar-refractivity contribution in [1.82, 2.24) is 10.3 Å². The molecule has 1 atom stereocenters. The molecule has 1 aliphatic rings. The Kier molecular flexibility index (Phi) is 5.97. The van der Waals surface area contributed by atoms with Crippen LogP contribution < -0.4 is 15.7 Å². The molecule has 1 aromatic carbocycles. The van der Waals surface area contributed by atoms with Crippen molar-refractivity contribution in [3.05, 3.63) is 46.5 Å². The largest absolute Gasteiger partial charge is 0.547 e. The van der Waals surface area contributed by atoms with Gasteiger partial charge in [0.2, 0.25) is 0 Å². The van der Waals surface area contributed by atoms with Crippen molar-refractivity contribution in [2.75, 3.05) is 12.3 Å². The fourth-order valence-corrected chi connectivity index (χ4v) is 3.46. The molecule has 3 rings (SSSR count). The molecule has 1 aliphatic heterocycles. The van der Waals surface area contributed by atoms with Crippen molar-refractivity contribution in [2.24, 2.45) is 0 Å². The number of aromatic carboxylic acids is 1. The number of carboxylic acid groups (broad SMARTS) is 1. The number of rotatable bonds is 6. The Morgan fingerprint density at radius 2 is 2.25 bits per heavy atom. The number of para-hydroxylation sites is 1. The smallest absolute Gasteiger partial charge is 0.534 e. The number of nitrogens with one attached hydrogen (secondary N) is 1. The zero-order valence-corrected chi connectivity index (χ0v) is 15.5. The lowest BCUT2D eigenvalue weighted by Crippen LogP contribution is -2.53. The van der Waals surface area contributed by atoms with Gasteiger partial charge in [-0.05, 0) is 24.5 Å². The minimum absolute atomic E-state index is 0.0530. The average molecular weight is 403 g/mol. The molecule has 2 heterocycles. The number of aromatic nitrogens is 1. The molecule has 0 bridgehead atoms. The fourth-order valence-electron chi connectivity index (χ4n) is 2.90. The summed E-state index contributed by atoms with van der Waals surface area (Å²) in [6.07, 6.45) is 1.97. The molecule has 11 heteroatoms. The number of carbonyl (C=O) groups is 2. The van der Waals surface area contributed by atoms with Crippen LogP contribution in [0, 0.1) is 0 Å². The van der Waals surface area contributed by atoms with E-state index in [9.17, 15) is 19.7 Å². The Balaban J connectivity index is 1.81. The first-order valence-corrected chi connectivity index (χ1v) is 9.31. The van der Waals surface area contributed by atoms with Gasteiger partial charge in [0.05, 0.1) is 22.8 Å². The monoisotopic (exact) mass is 403 g/mol.